The highest BCUT2D eigenvalue weighted by molar-refractivity contribution is 5.91. The van der Waals surface area contributed by atoms with Crippen LogP contribution in [-0.4, -0.2) is 39.9 Å². The first-order valence-electron chi connectivity index (χ1n) is 5.99. The van der Waals surface area contributed by atoms with E-state index in [-0.39, 0.29) is 24.4 Å². The molecule has 3 N–H and O–H groups in total. The number of halogens is 1. The van der Waals surface area contributed by atoms with Crippen molar-refractivity contribution in [2.24, 2.45) is 5.73 Å². The Morgan fingerprint density at radius 3 is 2.40 bits per heavy atom. The predicted octanol–water partition coefficient (Wildman–Crippen LogP) is 1.15. The van der Waals surface area contributed by atoms with Crippen molar-refractivity contribution < 1.29 is 23.4 Å². The lowest BCUT2D eigenvalue weighted by Crippen LogP contribution is -2.28. The molecule has 0 saturated heterocycles. The summed E-state index contributed by atoms with van der Waals surface area (Å²) in [5, 5.41) is 2.45. The van der Waals surface area contributed by atoms with Crippen LogP contribution in [-0.2, 0) is 9.53 Å². The molecule has 7 heteroatoms. The van der Waals surface area contributed by atoms with Gasteiger partial charge in [-0.3, -0.25) is 4.79 Å². The lowest BCUT2D eigenvalue weighted by Gasteiger charge is -2.14. The molecule has 1 atom stereocenters. The Labute approximate surface area is 117 Å². The maximum absolute atomic E-state index is 13.8. The van der Waals surface area contributed by atoms with Crippen LogP contribution in [0.3, 0.4) is 0 Å². The van der Waals surface area contributed by atoms with Gasteiger partial charge in [-0.15, -0.1) is 0 Å². The average Bonchev–Trinajstić information content (AvgIpc) is 2.46. The predicted molar refractivity (Wildman–Crippen MR) is 72.6 cm³/mol. The highest BCUT2D eigenvalue weighted by Gasteiger charge is 2.16. The third kappa shape index (κ3) is 4.07. The van der Waals surface area contributed by atoms with Gasteiger partial charge in [-0.25, -0.2) is 4.39 Å². The van der Waals surface area contributed by atoms with E-state index in [0.717, 1.165) is 6.07 Å². The van der Waals surface area contributed by atoms with Crippen LogP contribution >= 0.6 is 0 Å². The number of hydrogen-bond acceptors (Lipinski definition) is 5. The number of ether oxygens (including phenoxy) is 3. The summed E-state index contributed by atoms with van der Waals surface area (Å²) >= 11 is 0. The van der Waals surface area contributed by atoms with E-state index in [1.165, 1.54) is 27.4 Å². The van der Waals surface area contributed by atoms with E-state index >= 15 is 0 Å². The van der Waals surface area contributed by atoms with Gasteiger partial charge in [-0.1, -0.05) is 0 Å². The summed E-state index contributed by atoms with van der Waals surface area (Å²) in [6, 6.07) is 2.50. The van der Waals surface area contributed by atoms with E-state index in [1.807, 2.05) is 0 Å². The second kappa shape index (κ2) is 7.66. The average molecular weight is 286 g/mol. The monoisotopic (exact) mass is 286 g/mol. The molecule has 0 bridgehead atoms. The minimum Gasteiger partial charge on any atom is -0.493 e. The molecular weight excluding hydrogens is 267 g/mol. The number of benzene rings is 1. The molecular formula is C13H19FN2O4. The molecule has 1 unspecified atom stereocenters. The van der Waals surface area contributed by atoms with Crippen molar-refractivity contribution in [3.63, 3.8) is 0 Å². The van der Waals surface area contributed by atoms with Crippen LogP contribution in [0.5, 0.6) is 11.5 Å². The Bertz CT molecular complexity index is 464. The molecule has 0 aliphatic rings. The fourth-order valence-electron chi connectivity index (χ4n) is 1.62. The molecule has 0 fully saturated rings. The number of anilines is 1. The smallest absolute Gasteiger partial charge is 0.227 e. The van der Waals surface area contributed by atoms with Crippen LogP contribution in [0.25, 0.3) is 0 Å². The summed E-state index contributed by atoms with van der Waals surface area (Å²) in [7, 11) is 4.29. The normalized spacial score (nSPS) is 11.8. The van der Waals surface area contributed by atoms with Gasteiger partial charge in [0.25, 0.3) is 0 Å². The Morgan fingerprint density at radius 1 is 1.30 bits per heavy atom. The maximum Gasteiger partial charge on any atom is 0.227 e. The highest BCUT2D eigenvalue weighted by atomic mass is 19.1. The molecule has 0 heterocycles. The zero-order chi connectivity index (χ0) is 15.1. The van der Waals surface area contributed by atoms with Crippen LogP contribution in [0.4, 0.5) is 10.1 Å². The first-order chi connectivity index (χ1) is 9.55. The zero-order valence-corrected chi connectivity index (χ0v) is 11.7. The minimum atomic E-state index is -0.613. The van der Waals surface area contributed by atoms with Crippen LogP contribution in [0.15, 0.2) is 12.1 Å². The fraction of sp³-hybridized carbons (Fsp3) is 0.462. The van der Waals surface area contributed by atoms with Gasteiger partial charge in [0, 0.05) is 25.8 Å². The minimum absolute atomic E-state index is 0.0134. The second-order valence-electron chi connectivity index (χ2n) is 4.03. The van der Waals surface area contributed by atoms with Gasteiger partial charge in [-0.2, -0.15) is 0 Å². The van der Waals surface area contributed by atoms with Gasteiger partial charge >= 0.3 is 0 Å². The Kier molecular flexibility index (Phi) is 6.20. The summed E-state index contributed by atoms with van der Waals surface area (Å²) in [5.74, 6) is -0.433. The number of amides is 1. The third-order valence-corrected chi connectivity index (χ3v) is 2.76. The van der Waals surface area contributed by atoms with Crippen molar-refractivity contribution in [3.8, 4) is 11.5 Å². The molecule has 1 amide bonds. The van der Waals surface area contributed by atoms with E-state index in [1.54, 1.807) is 0 Å². The number of methoxy groups -OCH3 is 3. The summed E-state index contributed by atoms with van der Waals surface area (Å²) < 4.78 is 28.8. The SMILES string of the molecule is COc1cc(F)c(NC(=O)CC(CN)OC)cc1OC. The van der Waals surface area contributed by atoms with Crippen molar-refractivity contribution in [1.29, 1.82) is 0 Å². The van der Waals surface area contributed by atoms with Gasteiger partial charge in [0.1, 0.15) is 0 Å². The second-order valence-corrected chi connectivity index (χ2v) is 4.03. The molecule has 0 aliphatic carbocycles. The van der Waals surface area contributed by atoms with Gasteiger partial charge in [0.2, 0.25) is 5.91 Å². The van der Waals surface area contributed by atoms with Crippen molar-refractivity contribution in [2.45, 2.75) is 12.5 Å². The van der Waals surface area contributed by atoms with Crippen LogP contribution < -0.4 is 20.5 Å². The summed E-state index contributed by atoms with van der Waals surface area (Å²) in [6.07, 6.45) is -0.362. The fourth-order valence-corrected chi connectivity index (χ4v) is 1.62. The molecule has 0 spiro atoms. The van der Waals surface area contributed by atoms with Crippen LogP contribution in [0, 0.1) is 5.82 Å². The lowest BCUT2D eigenvalue weighted by molar-refractivity contribution is -0.118. The van der Waals surface area contributed by atoms with Crippen LogP contribution in [0.1, 0.15) is 6.42 Å². The first-order valence-corrected chi connectivity index (χ1v) is 5.99. The number of rotatable bonds is 7. The first kappa shape index (κ1) is 16.2. The molecule has 1 aromatic carbocycles. The number of carbonyl (C=O) groups excluding carboxylic acids is 1. The van der Waals surface area contributed by atoms with E-state index in [2.05, 4.69) is 5.32 Å². The molecule has 0 aliphatic heterocycles. The van der Waals surface area contributed by atoms with E-state index in [0.29, 0.717) is 5.75 Å². The Morgan fingerprint density at radius 2 is 1.90 bits per heavy atom. The number of nitrogens with one attached hydrogen (secondary N) is 1. The number of hydrogen-bond donors (Lipinski definition) is 2. The maximum atomic E-state index is 13.8. The quantitative estimate of drug-likeness (QED) is 0.785. The molecule has 1 aromatic rings. The Hall–Kier alpha value is -1.86. The number of nitrogens with two attached hydrogens (primary N) is 1. The largest absolute Gasteiger partial charge is 0.493 e. The molecule has 0 saturated carbocycles. The van der Waals surface area contributed by atoms with Crippen molar-refractivity contribution in [2.75, 3.05) is 33.2 Å². The lowest BCUT2D eigenvalue weighted by atomic mass is 10.2. The van der Waals surface area contributed by atoms with Crippen molar-refractivity contribution in [1.82, 2.24) is 0 Å². The molecule has 1 rings (SSSR count). The topological polar surface area (TPSA) is 82.8 Å². The Balaban J connectivity index is 2.84. The zero-order valence-electron chi connectivity index (χ0n) is 11.7. The number of carbonyl (C=O) groups is 1. The van der Waals surface area contributed by atoms with Gasteiger partial charge in [-0.05, 0) is 0 Å². The molecule has 20 heavy (non-hydrogen) atoms. The van der Waals surface area contributed by atoms with E-state index in [9.17, 15) is 9.18 Å². The highest BCUT2D eigenvalue weighted by Crippen LogP contribution is 2.32. The summed E-state index contributed by atoms with van der Waals surface area (Å²) in [6.45, 7) is 0.207. The van der Waals surface area contributed by atoms with Gasteiger partial charge in [0.15, 0.2) is 17.3 Å². The van der Waals surface area contributed by atoms with Crippen LogP contribution in [0.2, 0.25) is 0 Å². The molecule has 112 valence electrons. The van der Waals surface area contributed by atoms with Gasteiger partial charge in [0.05, 0.1) is 32.4 Å². The van der Waals surface area contributed by atoms with Crippen molar-refractivity contribution >= 4 is 11.6 Å². The van der Waals surface area contributed by atoms with Gasteiger partial charge < -0.3 is 25.3 Å². The summed E-state index contributed by atoms with van der Waals surface area (Å²) in [5.41, 5.74) is 5.44. The summed E-state index contributed by atoms with van der Waals surface area (Å²) in [4.78, 5) is 11.8. The van der Waals surface area contributed by atoms with E-state index in [4.69, 9.17) is 19.9 Å². The molecule has 6 nitrogen and oxygen atoms in total. The van der Waals surface area contributed by atoms with E-state index < -0.39 is 17.8 Å². The molecule has 0 radical (unpaired) electrons. The molecule has 0 aromatic heterocycles. The third-order valence-electron chi connectivity index (χ3n) is 2.76. The van der Waals surface area contributed by atoms with Crippen molar-refractivity contribution in [3.05, 3.63) is 17.9 Å². The standard InChI is InChI=1S/C13H19FN2O4/c1-18-8(7-15)4-13(17)16-10-6-12(20-3)11(19-2)5-9(10)14/h5-6,8H,4,7,15H2,1-3H3,(H,16,17).